The van der Waals surface area contributed by atoms with E-state index in [2.05, 4.69) is 16.8 Å². The van der Waals surface area contributed by atoms with Crippen molar-refractivity contribution < 1.29 is 4.39 Å². The van der Waals surface area contributed by atoms with Crippen LogP contribution in [0.2, 0.25) is 0 Å². The Kier molecular flexibility index (Phi) is 4.13. The van der Waals surface area contributed by atoms with E-state index in [9.17, 15) is 4.39 Å². The van der Waals surface area contributed by atoms with Crippen molar-refractivity contribution >= 4 is 5.96 Å². The molecule has 1 unspecified atom stereocenters. The molecule has 1 aliphatic carbocycles. The summed E-state index contributed by atoms with van der Waals surface area (Å²) in [5.74, 6) is 1.58. The maximum Gasteiger partial charge on any atom is 0.191 e. The molecule has 4 heteroatoms. The first-order valence-electron chi connectivity index (χ1n) is 7.96. The molecule has 0 amide bonds. The second kappa shape index (κ2) is 6.04. The maximum atomic E-state index is 13.7. The van der Waals surface area contributed by atoms with Crippen molar-refractivity contribution in [3.8, 4) is 0 Å². The summed E-state index contributed by atoms with van der Waals surface area (Å²) >= 11 is 0. The zero-order chi connectivity index (χ0) is 14.8. The number of likely N-dealkylation sites (tertiary alicyclic amines) is 1. The molecule has 1 saturated carbocycles. The lowest BCUT2D eigenvalue weighted by atomic mass is 9.76. The van der Waals surface area contributed by atoms with Crippen molar-refractivity contribution in [2.24, 2.45) is 16.6 Å². The highest BCUT2D eigenvalue weighted by Gasteiger charge is 2.32. The van der Waals surface area contributed by atoms with Crippen molar-refractivity contribution in [3.05, 3.63) is 35.6 Å². The van der Waals surface area contributed by atoms with E-state index in [0.29, 0.717) is 17.8 Å². The van der Waals surface area contributed by atoms with Gasteiger partial charge in [-0.3, -0.25) is 0 Å². The molecule has 21 heavy (non-hydrogen) atoms. The van der Waals surface area contributed by atoms with Gasteiger partial charge in [-0.15, -0.1) is 0 Å². The highest BCUT2D eigenvalue weighted by molar-refractivity contribution is 5.78. The first-order valence-corrected chi connectivity index (χ1v) is 7.96. The van der Waals surface area contributed by atoms with Crippen molar-refractivity contribution in [2.75, 3.05) is 13.1 Å². The van der Waals surface area contributed by atoms with Gasteiger partial charge in [0.25, 0.3) is 0 Å². The van der Waals surface area contributed by atoms with E-state index < -0.39 is 0 Å². The van der Waals surface area contributed by atoms with Crippen LogP contribution in [0.1, 0.15) is 44.1 Å². The molecule has 2 aliphatic rings. The van der Waals surface area contributed by atoms with Crippen LogP contribution in [0.3, 0.4) is 0 Å². The average molecular weight is 289 g/mol. The van der Waals surface area contributed by atoms with E-state index >= 15 is 0 Å². The van der Waals surface area contributed by atoms with Crippen molar-refractivity contribution in [3.63, 3.8) is 0 Å². The molecular formula is C17H24FN3. The summed E-state index contributed by atoms with van der Waals surface area (Å²) in [4.78, 5) is 6.84. The third-order valence-corrected chi connectivity index (χ3v) is 4.75. The molecule has 1 saturated heterocycles. The number of piperidine rings is 1. The Morgan fingerprint density at radius 3 is 2.81 bits per heavy atom. The molecule has 3 rings (SSSR count). The molecule has 0 spiro atoms. The SMILES string of the molecule is CC1CCCN(C(N)=NC2CC(c3ccccc3F)C2)C1. The predicted octanol–water partition coefficient (Wildman–Crippen LogP) is 3.12. The molecule has 1 atom stereocenters. The lowest BCUT2D eigenvalue weighted by molar-refractivity contribution is 0.265. The minimum atomic E-state index is -0.0947. The van der Waals surface area contributed by atoms with Gasteiger partial charge in [-0.25, -0.2) is 9.38 Å². The van der Waals surface area contributed by atoms with Crippen LogP contribution in [0.5, 0.6) is 0 Å². The minimum absolute atomic E-state index is 0.0947. The first kappa shape index (κ1) is 14.4. The summed E-state index contributed by atoms with van der Waals surface area (Å²) in [6.45, 7) is 4.29. The van der Waals surface area contributed by atoms with Crippen molar-refractivity contribution in [2.45, 2.75) is 44.6 Å². The summed E-state index contributed by atoms with van der Waals surface area (Å²) in [5.41, 5.74) is 6.96. The average Bonchev–Trinajstić information content (AvgIpc) is 2.43. The topological polar surface area (TPSA) is 41.6 Å². The number of hydrogen-bond acceptors (Lipinski definition) is 1. The molecule has 1 aliphatic heterocycles. The van der Waals surface area contributed by atoms with E-state index in [-0.39, 0.29) is 11.9 Å². The van der Waals surface area contributed by atoms with E-state index in [1.54, 1.807) is 6.07 Å². The first-order chi connectivity index (χ1) is 10.1. The van der Waals surface area contributed by atoms with Crippen LogP contribution in [0, 0.1) is 11.7 Å². The Morgan fingerprint density at radius 2 is 2.10 bits per heavy atom. The quantitative estimate of drug-likeness (QED) is 0.671. The number of halogens is 1. The van der Waals surface area contributed by atoms with Gasteiger partial charge in [0.1, 0.15) is 5.82 Å². The molecule has 1 aromatic rings. The second-order valence-electron chi connectivity index (χ2n) is 6.52. The highest BCUT2D eigenvalue weighted by atomic mass is 19.1. The molecule has 1 heterocycles. The molecule has 114 valence electrons. The number of benzene rings is 1. The van der Waals surface area contributed by atoms with Gasteiger partial charge in [0.2, 0.25) is 0 Å². The normalized spacial score (nSPS) is 30.1. The monoisotopic (exact) mass is 289 g/mol. The summed E-state index contributed by atoms with van der Waals surface area (Å²) in [5, 5.41) is 0. The fourth-order valence-corrected chi connectivity index (χ4v) is 3.42. The van der Waals surface area contributed by atoms with Gasteiger partial charge in [0, 0.05) is 13.1 Å². The summed E-state index contributed by atoms with van der Waals surface area (Å²) < 4.78 is 13.7. The van der Waals surface area contributed by atoms with E-state index in [1.165, 1.54) is 18.9 Å². The van der Waals surface area contributed by atoms with Crippen LogP contribution in [0.15, 0.2) is 29.3 Å². The van der Waals surface area contributed by atoms with Crippen molar-refractivity contribution in [1.29, 1.82) is 0 Å². The van der Waals surface area contributed by atoms with Gasteiger partial charge >= 0.3 is 0 Å². The van der Waals surface area contributed by atoms with Crippen LogP contribution < -0.4 is 5.73 Å². The van der Waals surface area contributed by atoms with Crippen LogP contribution in [0.4, 0.5) is 4.39 Å². The maximum absolute atomic E-state index is 13.7. The lowest BCUT2D eigenvalue weighted by Crippen LogP contribution is -2.44. The summed E-state index contributed by atoms with van der Waals surface area (Å²) in [7, 11) is 0. The van der Waals surface area contributed by atoms with Gasteiger partial charge in [-0.2, -0.15) is 0 Å². The molecule has 0 aromatic heterocycles. The Hall–Kier alpha value is -1.58. The largest absolute Gasteiger partial charge is 0.370 e. The molecule has 2 fully saturated rings. The minimum Gasteiger partial charge on any atom is -0.370 e. The van der Waals surface area contributed by atoms with Crippen LogP contribution in [-0.4, -0.2) is 30.0 Å². The molecule has 3 nitrogen and oxygen atoms in total. The van der Waals surface area contributed by atoms with Crippen molar-refractivity contribution in [1.82, 2.24) is 4.90 Å². The zero-order valence-corrected chi connectivity index (χ0v) is 12.6. The Morgan fingerprint density at radius 1 is 1.33 bits per heavy atom. The van der Waals surface area contributed by atoms with Gasteiger partial charge in [0.05, 0.1) is 6.04 Å². The molecular weight excluding hydrogens is 265 g/mol. The number of rotatable bonds is 2. The summed E-state index contributed by atoms with van der Waals surface area (Å²) in [6, 6.07) is 7.32. The highest BCUT2D eigenvalue weighted by Crippen LogP contribution is 2.39. The van der Waals surface area contributed by atoms with Gasteiger partial charge < -0.3 is 10.6 Å². The van der Waals surface area contributed by atoms with Crippen LogP contribution in [0.25, 0.3) is 0 Å². The number of aliphatic imine (C=N–C) groups is 1. The third kappa shape index (κ3) is 3.20. The predicted molar refractivity (Wildman–Crippen MR) is 83.8 cm³/mol. The zero-order valence-electron chi connectivity index (χ0n) is 12.6. The van der Waals surface area contributed by atoms with Gasteiger partial charge in [0.15, 0.2) is 5.96 Å². The van der Waals surface area contributed by atoms with Gasteiger partial charge in [-0.1, -0.05) is 25.1 Å². The van der Waals surface area contributed by atoms with E-state index in [0.717, 1.165) is 31.5 Å². The standard InChI is InChI=1S/C17H24FN3/c1-12-5-4-8-21(11-12)17(19)20-14-9-13(10-14)15-6-2-3-7-16(15)18/h2-3,6-7,12-14H,4-5,8-11H2,1H3,(H2,19,20). The smallest absolute Gasteiger partial charge is 0.191 e. The van der Waals surface area contributed by atoms with Gasteiger partial charge in [-0.05, 0) is 49.1 Å². The number of guanidine groups is 1. The number of nitrogens with zero attached hydrogens (tertiary/aromatic N) is 2. The Bertz CT molecular complexity index is 523. The second-order valence-corrected chi connectivity index (χ2v) is 6.52. The fraction of sp³-hybridized carbons (Fsp3) is 0.588. The van der Waals surface area contributed by atoms with E-state index in [1.807, 2.05) is 12.1 Å². The molecule has 0 radical (unpaired) electrons. The summed E-state index contributed by atoms with van der Waals surface area (Å²) in [6.07, 6.45) is 4.29. The van der Waals surface area contributed by atoms with E-state index in [4.69, 9.17) is 5.73 Å². The molecule has 0 bridgehead atoms. The molecule has 1 aromatic carbocycles. The van der Waals surface area contributed by atoms with Crippen LogP contribution in [-0.2, 0) is 0 Å². The fourth-order valence-electron chi connectivity index (χ4n) is 3.42. The van der Waals surface area contributed by atoms with Crippen LogP contribution >= 0.6 is 0 Å². The lowest BCUT2D eigenvalue weighted by Gasteiger charge is -2.36. The molecule has 2 N–H and O–H groups in total. The Labute approximate surface area is 126 Å². The Balaban J connectivity index is 1.56. The number of nitrogens with two attached hydrogens (primary N) is 1. The third-order valence-electron chi connectivity index (χ3n) is 4.75. The number of hydrogen-bond donors (Lipinski definition) is 1.